The largest absolute Gasteiger partial charge is 0.363 e. The lowest BCUT2D eigenvalue weighted by Crippen LogP contribution is -2.17. The first-order valence-corrected chi connectivity index (χ1v) is 4.99. The number of aromatic nitrogens is 1. The molecule has 1 aromatic rings. The summed E-state index contributed by atoms with van der Waals surface area (Å²) >= 11 is 0. The molecule has 5 heteroatoms. The van der Waals surface area contributed by atoms with Gasteiger partial charge in [0.1, 0.15) is 6.20 Å². The van der Waals surface area contributed by atoms with Crippen LogP contribution in [0, 0.1) is 10.1 Å². The maximum absolute atomic E-state index is 10.4. The molecule has 1 aromatic heterocycles. The summed E-state index contributed by atoms with van der Waals surface area (Å²) in [5.41, 5.74) is 1.07. The number of rotatable bonds is 2. The summed E-state index contributed by atoms with van der Waals surface area (Å²) in [6.07, 6.45) is 3.90. The fraction of sp³-hybridized carbons (Fsp3) is 0.500. The van der Waals surface area contributed by atoms with Crippen LogP contribution in [0.3, 0.4) is 0 Å². The first-order chi connectivity index (χ1) is 7.18. The van der Waals surface area contributed by atoms with Gasteiger partial charge in [-0.25, -0.2) is 0 Å². The van der Waals surface area contributed by atoms with Crippen LogP contribution < -0.4 is 0 Å². The minimum Gasteiger partial charge on any atom is -0.358 e. The van der Waals surface area contributed by atoms with E-state index in [0.717, 1.165) is 18.5 Å². The van der Waals surface area contributed by atoms with Crippen LogP contribution in [0.2, 0.25) is 0 Å². The average molecular weight is 207 g/mol. The molecular formula is C10H13N3O2. The predicted octanol–water partition coefficient (Wildman–Crippen LogP) is 1.76. The lowest BCUT2D eigenvalue weighted by molar-refractivity contribution is -0.389. The third kappa shape index (κ3) is 1.97. The molecule has 0 spiro atoms. The Hall–Kier alpha value is -1.49. The fourth-order valence-corrected chi connectivity index (χ4v) is 2.03. The molecule has 1 atom stereocenters. The Balaban J connectivity index is 2.19. The lowest BCUT2D eigenvalue weighted by Gasteiger charge is -2.17. The van der Waals surface area contributed by atoms with Crippen molar-refractivity contribution in [1.29, 1.82) is 0 Å². The van der Waals surface area contributed by atoms with E-state index in [1.807, 2.05) is 0 Å². The van der Waals surface area contributed by atoms with Gasteiger partial charge in [-0.3, -0.25) is 4.90 Å². The number of hydrogen-bond donors (Lipinski definition) is 0. The highest BCUT2D eigenvalue weighted by molar-refractivity contribution is 5.25. The Morgan fingerprint density at radius 1 is 1.60 bits per heavy atom. The highest BCUT2D eigenvalue weighted by Gasteiger charge is 2.24. The maximum atomic E-state index is 10.4. The highest BCUT2D eigenvalue weighted by Crippen LogP contribution is 2.30. The van der Waals surface area contributed by atoms with Gasteiger partial charge >= 0.3 is 5.82 Å². The zero-order chi connectivity index (χ0) is 10.8. The van der Waals surface area contributed by atoms with Crippen molar-refractivity contribution < 1.29 is 4.92 Å². The Bertz CT molecular complexity index is 363. The fourth-order valence-electron chi connectivity index (χ4n) is 2.03. The van der Waals surface area contributed by atoms with Crippen molar-refractivity contribution in [1.82, 2.24) is 9.88 Å². The number of nitro groups is 1. The topological polar surface area (TPSA) is 59.3 Å². The van der Waals surface area contributed by atoms with E-state index >= 15 is 0 Å². The molecule has 1 saturated heterocycles. The summed E-state index contributed by atoms with van der Waals surface area (Å²) < 4.78 is 0. The molecule has 0 saturated carbocycles. The Labute approximate surface area is 87.9 Å². The van der Waals surface area contributed by atoms with Gasteiger partial charge < -0.3 is 10.1 Å². The standard InChI is InChI=1S/C10H13N3O2/c1-12-6-2-3-9(12)8-4-5-10(11-7-8)13(14)15/h4-5,7,9H,2-3,6H2,1H3. The summed E-state index contributed by atoms with van der Waals surface area (Å²) in [5, 5.41) is 10.4. The summed E-state index contributed by atoms with van der Waals surface area (Å²) in [6, 6.07) is 3.65. The normalized spacial score (nSPS) is 21.8. The smallest absolute Gasteiger partial charge is 0.358 e. The van der Waals surface area contributed by atoms with Gasteiger partial charge in [0, 0.05) is 17.7 Å². The molecule has 0 radical (unpaired) electrons. The van der Waals surface area contributed by atoms with E-state index in [9.17, 15) is 10.1 Å². The van der Waals surface area contributed by atoms with Crippen molar-refractivity contribution >= 4 is 5.82 Å². The summed E-state index contributed by atoms with van der Waals surface area (Å²) in [4.78, 5) is 16.0. The molecule has 0 bridgehead atoms. The van der Waals surface area contributed by atoms with Crippen LogP contribution in [0.4, 0.5) is 5.82 Å². The van der Waals surface area contributed by atoms with Gasteiger partial charge in [-0.2, -0.15) is 0 Å². The van der Waals surface area contributed by atoms with Crippen LogP contribution >= 0.6 is 0 Å². The zero-order valence-electron chi connectivity index (χ0n) is 8.59. The van der Waals surface area contributed by atoms with Gasteiger partial charge in [0.15, 0.2) is 0 Å². The third-order valence-electron chi connectivity index (χ3n) is 2.86. The van der Waals surface area contributed by atoms with E-state index in [4.69, 9.17) is 0 Å². The Morgan fingerprint density at radius 3 is 2.87 bits per heavy atom. The van der Waals surface area contributed by atoms with E-state index in [1.54, 1.807) is 12.3 Å². The van der Waals surface area contributed by atoms with Crippen molar-refractivity contribution in [3.8, 4) is 0 Å². The van der Waals surface area contributed by atoms with Crippen molar-refractivity contribution in [2.45, 2.75) is 18.9 Å². The molecular weight excluding hydrogens is 194 g/mol. The van der Waals surface area contributed by atoms with Crippen LogP contribution in [0.5, 0.6) is 0 Å². The molecule has 2 heterocycles. The average Bonchev–Trinajstić information content (AvgIpc) is 2.65. The molecule has 0 aromatic carbocycles. The monoisotopic (exact) mass is 207 g/mol. The Morgan fingerprint density at radius 2 is 2.40 bits per heavy atom. The van der Waals surface area contributed by atoms with E-state index in [2.05, 4.69) is 16.9 Å². The summed E-state index contributed by atoms with van der Waals surface area (Å²) in [7, 11) is 2.07. The second kappa shape index (κ2) is 3.94. The van der Waals surface area contributed by atoms with Crippen LogP contribution in [-0.4, -0.2) is 28.4 Å². The lowest BCUT2D eigenvalue weighted by atomic mass is 10.1. The molecule has 15 heavy (non-hydrogen) atoms. The quantitative estimate of drug-likeness (QED) is 0.547. The second-order valence-electron chi connectivity index (χ2n) is 3.85. The molecule has 1 aliphatic rings. The third-order valence-corrected chi connectivity index (χ3v) is 2.86. The minimum atomic E-state index is -0.470. The van der Waals surface area contributed by atoms with Crippen molar-refractivity contribution in [2.24, 2.45) is 0 Å². The van der Waals surface area contributed by atoms with Crippen molar-refractivity contribution in [3.05, 3.63) is 34.0 Å². The number of likely N-dealkylation sites (tertiary alicyclic amines) is 1. The zero-order valence-corrected chi connectivity index (χ0v) is 8.59. The first-order valence-electron chi connectivity index (χ1n) is 4.99. The Kier molecular flexibility index (Phi) is 2.64. The van der Waals surface area contributed by atoms with Gasteiger partial charge in [0.05, 0.1) is 0 Å². The first kappa shape index (κ1) is 10.0. The SMILES string of the molecule is CN1CCCC1c1ccc([N+](=O)[O-])nc1. The highest BCUT2D eigenvalue weighted by atomic mass is 16.6. The molecule has 80 valence electrons. The van der Waals surface area contributed by atoms with Crippen LogP contribution in [-0.2, 0) is 0 Å². The molecule has 0 N–H and O–H groups in total. The van der Waals surface area contributed by atoms with E-state index < -0.39 is 4.92 Å². The van der Waals surface area contributed by atoms with Crippen molar-refractivity contribution in [3.63, 3.8) is 0 Å². The molecule has 0 aliphatic carbocycles. The number of nitrogens with zero attached hydrogens (tertiary/aromatic N) is 3. The molecule has 5 nitrogen and oxygen atoms in total. The molecule has 1 aliphatic heterocycles. The van der Waals surface area contributed by atoms with Gasteiger partial charge in [0.2, 0.25) is 0 Å². The van der Waals surface area contributed by atoms with Gasteiger partial charge in [-0.1, -0.05) is 0 Å². The van der Waals surface area contributed by atoms with Crippen molar-refractivity contribution in [2.75, 3.05) is 13.6 Å². The van der Waals surface area contributed by atoms with Crippen LogP contribution in [0.15, 0.2) is 18.3 Å². The molecule has 0 amide bonds. The molecule has 2 rings (SSSR count). The van der Waals surface area contributed by atoms with Crippen LogP contribution in [0.25, 0.3) is 0 Å². The minimum absolute atomic E-state index is 0.0839. The predicted molar refractivity (Wildman–Crippen MR) is 55.5 cm³/mol. The van der Waals surface area contributed by atoms with E-state index in [1.165, 1.54) is 12.5 Å². The van der Waals surface area contributed by atoms with E-state index in [-0.39, 0.29) is 5.82 Å². The number of hydrogen-bond acceptors (Lipinski definition) is 4. The number of pyridine rings is 1. The second-order valence-corrected chi connectivity index (χ2v) is 3.85. The maximum Gasteiger partial charge on any atom is 0.363 e. The van der Waals surface area contributed by atoms with Gasteiger partial charge in [-0.15, -0.1) is 0 Å². The molecule has 1 unspecified atom stereocenters. The summed E-state index contributed by atoms with van der Waals surface area (Å²) in [6.45, 7) is 1.08. The van der Waals surface area contributed by atoms with Gasteiger partial charge in [-0.05, 0) is 42.4 Å². The van der Waals surface area contributed by atoms with Crippen LogP contribution in [0.1, 0.15) is 24.4 Å². The summed E-state index contributed by atoms with van der Waals surface area (Å²) in [5.74, 6) is -0.0839. The van der Waals surface area contributed by atoms with E-state index in [0.29, 0.717) is 6.04 Å². The van der Waals surface area contributed by atoms with Gasteiger partial charge in [0.25, 0.3) is 0 Å². The molecule has 1 fully saturated rings.